The van der Waals surface area contributed by atoms with E-state index in [1.807, 2.05) is 23.9 Å². The van der Waals surface area contributed by atoms with Crippen molar-refractivity contribution in [3.05, 3.63) is 23.9 Å². The smallest absolute Gasteiger partial charge is 0.128 e. The van der Waals surface area contributed by atoms with Gasteiger partial charge < -0.3 is 4.90 Å². The second kappa shape index (κ2) is 4.34. The van der Waals surface area contributed by atoms with E-state index in [0.717, 1.165) is 18.9 Å². The van der Waals surface area contributed by atoms with Crippen molar-refractivity contribution in [2.45, 2.75) is 0 Å². The second-order valence-electron chi connectivity index (χ2n) is 3.12. The molecule has 0 bridgehead atoms. The van der Waals surface area contributed by atoms with Gasteiger partial charge in [-0.1, -0.05) is 0 Å². The Morgan fingerprint density at radius 1 is 1.36 bits per heavy atom. The molecule has 0 unspecified atom stereocenters. The molecule has 4 heteroatoms. The molecule has 2 rings (SSSR count). The summed E-state index contributed by atoms with van der Waals surface area (Å²) in [5, 5.41) is 8.63. The van der Waals surface area contributed by atoms with E-state index in [4.69, 9.17) is 5.26 Å². The van der Waals surface area contributed by atoms with Gasteiger partial charge in [0.05, 0.1) is 5.56 Å². The Kier molecular flexibility index (Phi) is 2.90. The molecular formula is C10H11N3S. The number of thioether (sulfide) groups is 1. The molecule has 0 N–H and O–H groups in total. The largest absolute Gasteiger partial charge is 0.355 e. The first-order valence-electron chi connectivity index (χ1n) is 4.59. The van der Waals surface area contributed by atoms with E-state index in [1.165, 1.54) is 11.5 Å². The van der Waals surface area contributed by atoms with Crippen molar-refractivity contribution in [2.24, 2.45) is 0 Å². The molecule has 1 aromatic heterocycles. The average molecular weight is 205 g/mol. The van der Waals surface area contributed by atoms with Crippen LogP contribution in [0.4, 0.5) is 5.82 Å². The van der Waals surface area contributed by atoms with Crippen LogP contribution in [-0.2, 0) is 0 Å². The molecule has 0 saturated carbocycles. The zero-order chi connectivity index (χ0) is 9.80. The summed E-state index contributed by atoms with van der Waals surface area (Å²) in [6, 6.07) is 5.82. The lowest BCUT2D eigenvalue weighted by molar-refractivity contribution is 0.839. The SMILES string of the molecule is N#Cc1ccc(N2CCSCC2)nc1. The van der Waals surface area contributed by atoms with Crippen LogP contribution < -0.4 is 4.90 Å². The normalized spacial score (nSPS) is 16.4. The quantitative estimate of drug-likeness (QED) is 0.696. The fraction of sp³-hybridized carbons (Fsp3) is 0.400. The zero-order valence-corrected chi connectivity index (χ0v) is 8.63. The van der Waals surface area contributed by atoms with Crippen molar-refractivity contribution in [2.75, 3.05) is 29.5 Å². The van der Waals surface area contributed by atoms with Crippen molar-refractivity contribution >= 4 is 17.6 Å². The number of hydrogen-bond acceptors (Lipinski definition) is 4. The van der Waals surface area contributed by atoms with Gasteiger partial charge in [0.25, 0.3) is 0 Å². The summed E-state index contributed by atoms with van der Waals surface area (Å²) in [6.07, 6.45) is 1.64. The first-order chi connectivity index (χ1) is 6.90. The van der Waals surface area contributed by atoms with E-state index in [0.29, 0.717) is 5.56 Å². The number of aromatic nitrogens is 1. The summed E-state index contributed by atoms with van der Waals surface area (Å²) in [4.78, 5) is 6.53. The van der Waals surface area contributed by atoms with Gasteiger partial charge >= 0.3 is 0 Å². The molecule has 1 aliphatic rings. The van der Waals surface area contributed by atoms with E-state index < -0.39 is 0 Å². The Morgan fingerprint density at radius 2 is 2.14 bits per heavy atom. The molecule has 72 valence electrons. The topological polar surface area (TPSA) is 39.9 Å². The van der Waals surface area contributed by atoms with Crippen LogP contribution in [0, 0.1) is 11.3 Å². The Morgan fingerprint density at radius 3 is 2.71 bits per heavy atom. The van der Waals surface area contributed by atoms with E-state index in [1.54, 1.807) is 6.20 Å². The molecule has 2 heterocycles. The lowest BCUT2D eigenvalue weighted by Crippen LogP contribution is -2.32. The fourth-order valence-electron chi connectivity index (χ4n) is 1.43. The lowest BCUT2D eigenvalue weighted by atomic mass is 10.3. The number of anilines is 1. The van der Waals surface area contributed by atoms with Crippen LogP contribution in [-0.4, -0.2) is 29.6 Å². The van der Waals surface area contributed by atoms with Gasteiger partial charge in [-0.05, 0) is 12.1 Å². The summed E-state index contributed by atoms with van der Waals surface area (Å²) in [7, 11) is 0. The Bertz CT molecular complexity index is 335. The van der Waals surface area contributed by atoms with Crippen molar-refractivity contribution in [3.63, 3.8) is 0 Å². The minimum atomic E-state index is 0.625. The average Bonchev–Trinajstić information content (AvgIpc) is 2.30. The molecule has 1 fully saturated rings. The van der Waals surface area contributed by atoms with E-state index in [-0.39, 0.29) is 0 Å². The third-order valence-electron chi connectivity index (χ3n) is 2.21. The van der Waals surface area contributed by atoms with Gasteiger partial charge in [-0.25, -0.2) is 4.98 Å². The maximum atomic E-state index is 8.63. The maximum absolute atomic E-state index is 8.63. The van der Waals surface area contributed by atoms with Crippen molar-refractivity contribution < 1.29 is 0 Å². The number of pyridine rings is 1. The minimum absolute atomic E-state index is 0.625. The first-order valence-corrected chi connectivity index (χ1v) is 5.74. The van der Waals surface area contributed by atoms with Crippen LogP contribution in [0.25, 0.3) is 0 Å². The number of rotatable bonds is 1. The van der Waals surface area contributed by atoms with Gasteiger partial charge in [-0.15, -0.1) is 0 Å². The Hall–Kier alpha value is -1.21. The molecular weight excluding hydrogens is 194 g/mol. The minimum Gasteiger partial charge on any atom is -0.355 e. The molecule has 0 aromatic carbocycles. The molecule has 3 nitrogen and oxygen atoms in total. The summed E-state index contributed by atoms with van der Waals surface area (Å²) < 4.78 is 0. The molecule has 0 spiro atoms. The third-order valence-corrected chi connectivity index (χ3v) is 3.15. The summed E-state index contributed by atoms with van der Waals surface area (Å²) >= 11 is 1.98. The molecule has 1 aliphatic heterocycles. The van der Waals surface area contributed by atoms with Gasteiger partial charge in [-0.3, -0.25) is 0 Å². The van der Waals surface area contributed by atoms with Gasteiger partial charge in [0, 0.05) is 30.8 Å². The van der Waals surface area contributed by atoms with Crippen molar-refractivity contribution in [1.29, 1.82) is 5.26 Å². The highest BCUT2D eigenvalue weighted by atomic mass is 32.2. The third kappa shape index (κ3) is 1.99. The molecule has 1 saturated heterocycles. The van der Waals surface area contributed by atoms with Crippen LogP contribution in [0.3, 0.4) is 0 Å². The fourth-order valence-corrected chi connectivity index (χ4v) is 2.33. The maximum Gasteiger partial charge on any atom is 0.128 e. The molecule has 14 heavy (non-hydrogen) atoms. The standard InChI is InChI=1S/C10H11N3S/c11-7-9-1-2-10(12-8-9)13-3-5-14-6-4-13/h1-2,8H,3-6H2. The van der Waals surface area contributed by atoms with E-state index in [9.17, 15) is 0 Å². The molecule has 0 amide bonds. The van der Waals surface area contributed by atoms with Crippen LogP contribution >= 0.6 is 11.8 Å². The van der Waals surface area contributed by atoms with Crippen molar-refractivity contribution in [3.8, 4) is 6.07 Å². The first kappa shape index (κ1) is 9.35. The van der Waals surface area contributed by atoms with Crippen LogP contribution in [0.15, 0.2) is 18.3 Å². The van der Waals surface area contributed by atoms with E-state index in [2.05, 4.69) is 16.0 Å². The number of nitriles is 1. The van der Waals surface area contributed by atoms with E-state index >= 15 is 0 Å². The number of nitrogens with zero attached hydrogens (tertiary/aromatic N) is 3. The molecule has 0 aliphatic carbocycles. The van der Waals surface area contributed by atoms with Gasteiger partial charge in [0.1, 0.15) is 11.9 Å². The predicted octanol–water partition coefficient (Wildman–Crippen LogP) is 1.51. The van der Waals surface area contributed by atoms with Crippen LogP contribution in [0.1, 0.15) is 5.56 Å². The summed E-state index contributed by atoms with van der Waals surface area (Å²) in [5.41, 5.74) is 0.625. The summed E-state index contributed by atoms with van der Waals surface area (Å²) in [5.74, 6) is 3.33. The highest BCUT2D eigenvalue weighted by Crippen LogP contribution is 2.16. The van der Waals surface area contributed by atoms with Gasteiger partial charge in [0.2, 0.25) is 0 Å². The Balaban J connectivity index is 2.12. The van der Waals surface area contributed by atoms with Crippen LogP contribution in [0.2, 0.25) is 0 Å². The zero-order valence-electron chi connectivity index (χ0n) is 7.81. The Labute approximate surface area is 87.7 Å². The van der Waals surface area contributed by atoms with Crippen molar-refractivity contribution in [1.82, 2.24) is 4.98 Å². The van der Waals surface area contributed by atoms with Gasteiger partial charge in [-0.2, -0.15) is 17.0 Å². The monoisotopic (exact) mass is 205 g/mol. The van der Waals surface area contributed by atoms with Gasteiger partial charge in [0.15, 0.2) is 0 Å². The molecule has 0 radical (unpaired) electrons. The lowest BCUT2D eigenvalue weighted by Gasteiger charge is -2.27. The highest BCUT2D eigenvalue weighted by Gasteiger charge is 2.11. The molecule has 1 aromatic rings. The second-order valence-corrected chi connectivity index (χ2v) is 4.34. The summed E-state index contributed by atoms with van der Waals surface area (Å²) in [6.45, 7) is 2.12. The molecule has 0 atom stereocenters. The number of hydrogen-bond donors (Lipinski definition) is 0. The highest BCUT2D eigenvalue weighted by molar-refractivity contribution is 7.99. The predicted molar refractivity (Wildman–Crippen MR) is 58.5 cm³/mol. The van der Waals surface area contributed by atoms with Crippen LogP contribution in [0.5, 0.6) is 0 Å².